The van der Waals surface area contributed by atoms with Crippen molar-refractivity contribution in [2.75, 3.05) is 26.2 Å². The van der Waals surface area contributed by atoms with E-state index in [9.17, 15) is 13.2 Å². The van der Waals surface area contributed by atoms with Crippen LogP contribution in [0.4, 0.5) is 13.2 Å². The van der Waals surface area contributed by atoms with Crippen LogP contribution in [-0.2, 0) is 0 Å². The Balaban J connectivity index is 2.32. The van der Waals surface area contributed by atoms with E-state index in [2.05, 4.69) is 10.2 Å². The van der Waals surface area contributed by atoms with Gasteiger partial charge in [-0.3, -0.25) is 4.90 Å². The second-order valence-electron chi connectivity index (χ2n) is 4.87. The molecule has 106 valence electrons. The molecule has 0 unspecified atom stereocenters. The number of piperazine rings is 1. The summed E-state index contributed by atoms with van der Waals surface area (Å²) in [6.07, 6.45) is 1.49. The predicted octanol–water partition coefficient (Wildman–Crippen LogP) is 2.85. The Bertz CT molecular complexity index is 408. The molecular formula is C14H19F3N2. The van der Waals surface area contributed by atoms with Crippen molar-refractivity contribution in [1.29, 1.82) is 0 Å². The maximum absolute atomic E-state index is 13.9. The molecule has 1 aliphatic rings. The van der Waals surface area contributed by atoms with Crippen molar-refractivity contribution in [3.05, 3.63) is 35.1 Å². The van der Waals surface area contributed by atoms with E-state index in [0.29, 0.717) is 6.42 Å². The summed E-state index contributed by atoms with van der Waals surface area (Å²) >= 11 is 0. The number of nitrogens with one attached hydrogen (secondary N) is 1. The zero-order chi connectivity index (χ0) is 13.8. The van der Waals surface area contributed by atoms with Gasteiger partial charge < -0.3 is 5.32 Å². The molecule has 2 rings (SSSR count). The van der Waals surface area contributed by atoms with Crippen molar-refractivity contribution < 1.29 is 13.2 Å². The highest BCUT2D eigenvalue weighted by atomic mass is 19.1. The van der Waals surface area contributed by atoms with Crippen molar-refractivity contribution in [1.82, 2.24) is 10.2 Å². The first-order valence-corrected chi connectivity index (χ1v) is 6.72. The van der Waals surface area contributed by atoms with Gasteiger partial charge in [-0.1, -0.05) is 13.3 Å². The highest BCUT2D eigenvalue weighted by Gasteiger charge is 2.27. The molecule has 19 heavy (non-hydrogen) atoms. The largest absolute Gasteiger partial charge is 0.314 e. The summed E-state index contributed by atoms with van der Waals surface area (Å²) in [4.78, 5) is 2.07. The zero-order valence-corrected chi connectivity index (χ0v) is 11.1. The van der Waals surface area contributed by atoms with E-state index in [0.717, 1.165) is 44.7 Å². The summed E-state index contributed by atoms with van der Waals surface area (Å²) in [6, 6.07) is 1.22. The van der Waals surface area contributed by atoms with Gasteiger partial charge in [0.05, 0.1) is 0 Å². The summed E-state index contributed by atoms with van der Waals surface area (Å²) < 4.78 is 40.8. The van der Waals surface area contributed by atoms with Crippen LogP contribution in [0.1, 0.15) is 31.4 Å². The van der Waals surface area contributed by atoms with Gasteiger partial charge in [0.15, 0.2) is 0 Å². The third-order valence-electron chi connectivity index (χ3n) is 3.53. The molecule has 0 aromatic heterocycles. The van der Waals surface area contributed by atoms with E-state index < -0.39 is 17.5 Å². The van der Waals surface area contributed by atoms with E-state index in [1.165, 1.54) is 0 Å². The summed E-state index contributed by atoms with van der Waals surface area (Å²) in [7, 11) is 0. The van der Waals surface area contributed by atoms with Gasteiger partial charge in [-0.25, -0.2) is 13.2 Å². The third-order valence-corrected chi connectivity index (χ3v) is 3.53. The Kier molecular flexibility index (Phi) is 4.82. The highest BCUT2D eigenvalue weighted by molar-refractivity contribution is 5.24. The van der Waals surface area contributed by atoms with E-state index in [1.807, 2.05) is 6.92 Å². The van der Waals surface area contributed by atoms with Crippen molar-refractivity contribution in [2.24, 2.45) is 0 Å². The molecule has 1 heterocycles. The number of halogens is 3. The van der Waals surface area contributed by atoms with Gasteiger partial charge in [0, 0.05) is 49.9 Å². The first-order chi connectivity index (χ1) is 9.13. The molecule has 1 aromatic carbocycles. The minimum absolute atomic E-state index is 0.00477. The molecule has 0 bridgehead atoms. The second-order valence-corrected chi connectivity index (χ2v) is 4.87. The van der Waals surface area contributed by atoms with E-state index in [4.69, 9.17) is 0 Å². The SMILES string of the molecule is CCC[C@@H](c1c(F)cc(F)cc1F)N1CCNCC1. The molecule has 1 aliphatic heterocycles. The quantitative estimate of drug-likeness (QED) is 0.906. The molecule has 5 heteroatoms. The summed E-state index contributed by atoms with van der Waals surface area (Å²) in [5.74, 6) is -2.43. The molecular weight excluding hydrogens is 253 g/mol. The van der Waals surface area contributed by atoms with Crippen LogP contribution in [0.25, 0.3) is 0 Å². The number of benzene rings is 1. The van der Waals surface area contributed by atoms with Gasteiger partial charge >= 0.3 is 0 Å². The maximum Gasteiger partial charge on any atom is 0.133 e. The molecule has 0 spiro atoms. The molecule has 1 saturated heterocycles. The van der Waals surface area contributed by atoms with E-state index >= 15 is 0 Å². The lowest BCUT2D eigenvalue weighted by molar-refractivity contribution is 0.158. The molecule has 2 nitrogen and oxygen atoms in total. The lowest BCUT2D eigenvalue weighted by atomic mass is 9.98. The van der Waals surface area contributed by atoms with Gasteiger partial charge in [-0.2, -0.15) is 0 Å². The van der Waals surface area contributed by atoms with Crippen LogP contribution in [-0.4, -0.2) is 31.1 Å². The van der Waals surface area contributed by atoms with Crippen LogP contribution in [0.2, 0.25) is 0 Å². The molecule has 1 N–H and O–H groups in total. The number of hydrogen-bond donors (Lipinski definition) is 1. The first kappa shape index (κ1) is 14.3. The topological polar surface area (TPSA) is 15.3 Å². The normalized spacial score (nSPS) is 18.5. The smallest absolute Gasteiger partial charge is 0.133 e. The lowest BCUT2D eigenvalue weighted by Gasteiger charge is -2.35. The summed E-state index contributed by atoms with van der Waals surface area (Å²) in [6.45, 7) is 5.10. The molecule has 0 amide bonds. The Morgan fingerprint density at radius 1 is 1.16 bits per heavy atom. The third kappa shape index (κ3) is 3.28. The Hall–Kier alpha value is -1.07. The average molecular weight is 272 g/mol. The van der Waals surface area contributed by atoms with Gasteiger partial charge in [0.25, 0.3) is 0 Å². The van der Waals surface area contributed by atoms with Crippen molar-refractivity contribution in [3.63, 3.8) is 0 Å². The van der Waals surface area contributed by atoms with E-state index in [-0.39, 0.29) is 11.6 Å². The zero-order valence-electron chi connectivity index (χ0n) is 11.1. The molecule has 0 aliphatic carbocycles. The molecule has 1 atom stereocenters. The fraction of sp³-hybridized carbons (Fsp3) is 0.571. The maximum atomic E-state index is 13.9. The molecule has 1 aromatic rings. The first-order valence-electron chi connectivity index (χ1n) is 6.72. The molecule has 0 saturated carbocycles. The highest BCUT2D eigenvalue weighted by Crippen LogP contribution is 2.30. The van der Waals surface area contributed by atoms with Crippen LogP contribution < -0.4 is 5.32 Å². The molecule has 0 radical (unpaired) electrons. The monoisotopic (exact) mass is 272 g/mol. The van der Waals surface area contributed by atoms with Crippen molar-refractivity contribution >= 4 is 0 Å². The summed E-state index contributed by atoms with van der Waals surface area (Å²) in [5.41, 5.74) is 0.00477. The van der Waals surface area contributed by atoms with Gasteiger partial charge in [0.2, 0.25) is 0 Å². The second kappa shape index (κ2) is 6.39. The fourth-order valence-corrected chi connectivity index (χ4v) is 2.65. The lowest BCUT2D eigenvalue weighted by Crippen LogP contribution is -2.45. The Morgan fingerprint density at radius 3 is 2.26 bits per heavy atom. The number of nitrogens with zero attached hydrogens (tertiary/aromatic N) is 1. The Labute approximate surface area is 111 Å². The van der Waals surface area contributed by atoms with Crippen LogP contribution in [0.5, 0.6) is 0 Å². The standard InChI is InChI=1S/C14H19F3N2/c1-2-3-13(19-6-4-18-5-7-19)14-11(16)8-10(15)9-12(14)17/h8-9,13,18H,2-7H2,1H3/t13-/m0/s1. The minimum atomic E-state index is -0.866. The number of rotatable bonds is 4. The van der Waals surface area contributed by atoms with E-state index in [1.54, 1.807) is 0 Å². The minimum Gasteiger partial charge on any atom is -0.314 e. The molecule has 1 fully saturated rings. The van der Waals surface area contributed by atoms with Gasteiger partial charge in [-0.05, 0) is 6.42 Å². The van der Waals surface area contributed by atoms with Crippen LogP contribution in [0.15, 0.2) is 12.1 Å². The predicted molar refractivity (Wildman–Crippen MR) is 68.4 cm³/mol. The summed E-state index contributed by atoms with van der Waals surface area (Å²) in [5, 5.41) is 3.21. The van der Waals surface area contributed by atoms with Crippen LogP contribution in [0.3, 0.4) is 0 Å². The van der Waals surface area contributed by atoms with Crippen LogP contribution in [0, 0.1) is 17.5 Å². The fourth-order valence-electron chi connectivity index (χ4n) is 2.65. The van der Waals surface area contributed by atoms with Gasteiger partial charge in [0.1, 0.15) is 17.5 Å². The van der Waals surface area contributed by atoms with Crippen molar-refractivity contribution in [3.8, 4) is 0 Å². The van der Waals surface area contributed by atoms with Crippen LogP contribution >= 0.6 is 0 Å². The van der Waals surface area contributed by atoms with Gasteiger partial charge in [-0.15, -0.1) is 0 Å². The average Bonchev–Trinajstić information content (AvgIpc) is 2.37. The number of hydrogen-bond acceptors (Lipinski definition) is 2. The Morgan fingerprint density at radius 2 is 1.74 bits per heavy atom. The van der Waals surface area contributed by atoms with Crippen molar-refractivity contribution in [2.45, 2.75) is 25.8 Å².